The molecule has 3 rings (SSSR count). The first-order valence-corrected chi connectivity index (χ1v) is 9.62. The minimum Gasteiger partial charge on any atom is -0.369 e. The Balaban J connectivity index is 1.76. The molecule has 0 aliphatic carbocycles. The molecule has 0 radical (unpaired) electrons. The van der Waals surface area contributed by atoms with Crippen LogP contribution in [0, 0.1) is 0 Å². The van der Waals surface area contributed by atoms with E-state index in [0.717, 1.165) is 16.7 Å². The van der Waals surface area contributed by atoms with Crippen LogP contribution in [0.4, 0.5) is 8.78 Å². The zero-order valence-electron chi connectivity index (χ0n) is 15.0. The van der Waals surface area contributed by atoms with Gasteiger partial charge in [-0.15, -0.1) is 0 Å². The molecule has 0 aliphatic heterocycles. The lowest BCUT2D eigenvalue weighted by Crippen LogP contribution is -2.15. The topological polar surface area (TPSA) is 26.3 Å². The number of carbonyl (C=O) groups is 1. The number of benzene rings is 3. The van der Waals surface area contributed by atoms with Crippen molar-refractivity contribution in [3.8, 4) is 0 Å². The number of aldehydes is 1. The molecule has 0 fully saturated rings. The lowest BCUT2D eigenvalue weighted by molar-refractivity contribution is -0.130. The van der Waals surface area contributed by atoms with Gasteiger partial charge in [-0.3, -0.25) is 4.79 Å². The molecule has 28 heavy (non-hydrogen) atoms. The third kappa shape index (κ3) is 5.12. The van der Waals surface area contributed by atoms with E-state index in [1.807, 2.05) is 60.7 Å². The fraction of sp³-hybridized carbons (Fsp3) is 0.174. The molecule has 0 aliphatic rings. The van der Waals surface area contributed by atoms with E-state index in [0.29, 0.717) is 6.42 Å². The van der Waals surface area contributed by atoms with E-state index < -0.39 is 5.92 Å². The van der Waals surface area contributed by atoms with Crippen molar-refractivity contribution in [2.45, 2.75) is 25.1 Å². The van der Waals surface area contributed by atoms with Gasteiger partial charge in [0.15, 0.2) is 6.29 Å². The minimum atomic E-state index is -3.52. The molecule has 0 spiro atoms. The van der Waals surface area contributed by atoms with Crippen LogP contribution >= 0.6 is 15.9 Å². The first-order chi connectivity index (χ1) is 13.5. The van der Waals surface area contributed by atoms with Gasteiger partial charge in [0, 0.05) is 16.5 Å². The third-order valence-electron chi connectivity index (χ3n) is 4.43. The predicted octanol–water partition coefficient (Wildman–Crippen LogP) is 6.24. The van der Waals surface area contributed by atoms with Crippen molar-refractivity contribution in [2.24, 2.45) is 0 Å². The first-order valence-electron chi connectivity index (χ1n) is 8.83. The van der Waals surface area contributed by atoms with E-state index in [1.165, 1.54) is 6.07 Å². The van der Waals surface area contributed by atoms with Crippen molar-refractivity contribution in [1.82, 2.24) is 0 Å². The first kappa shape index (κ1) is 20.4. The number of hydrogen-bond donors (Lipinski definition) is 0. The van der Waals surface area contributed by atoms with Crippen molar-refractivity contribution in [3.05, 3.63) is 106 Å². The zero-order valence-corrected chi connectivity index (χ0v) is 16.6. The maximum atomic E-state index is 13.6. The van der Waals surface area contributed by atoms with E-state index in [9.17, 15) is 13.6 Å². The maximum Gasteiger partial charge on any atom is 0.328 e. The molecular weight excluding hydrogens is 426 g/mol. The SMILES string of the molecule is O=CC(F)(F)c1ccc(COC(Cc2ccccc2)c2ccccc2)cc1Br. The van der Waals surface area contributed by atoms with E-state index in [1.54, 1.807) is 12.1 Å². The minimum absolute atomic E-state index is 0.168. The quantitative estimate of drug-likeness (QED) is 0.384. The molecule has 0 saturated carbocycles. The van der Waals surface area contributed by atoms with Crippen molar-refractivity contribution < 1.29 is 18.3 Å². The van der Waals surface area contributed by atoms with Gasteiger partial charge >= 0.3 is 5.92 Å². The number of hydrogen-bond acceptors (Lipinski definition) is 2. The van der Waals surface area contributed by atoms with Gasteiger partial charge < -0.3 is 4.74 Å². The highest BCUT2D eigenvalue weighted by Gasteiger charge is 2.33. The van der Waals surface area contributed by atoms with Crippen molar-refractivity contribution in [2.75, 3.05) is 0 Å². The van der Waals surface area contributed by atoms with Crippen LogP contribution < -0.4 is 0 Å². The molecule has 5 heteroatoms. The highest BCUT2D eigenvalue weighted by atomic mass is 79.9. The number of carbonyl (C=O) groups excluding carboxylic acids is 1. The molecule has 2 nitrogen and oxygen atoms in total. The van der Waals surface area contributed by atoms with Gasteiger partial charge in [0.2, 0.25) is 0 Å². The Labute approximate surface area is 171 Å². The van der Waals surface area contributed by atoms with E-state index in [-0.39, 0.29) is 29.0 Å². The fourth-order valence-electron chi connectivity index (χ4n) is 2.95. The summed E-state index contributed by atoms with van der Waals surface area (Å²) < 4.78 is 33.6. The van der Waals surface area contributed by atoms with Crippen LogP contribution in [0.15, 0.2) is 83.3 Å². The summed E-state index contributed by atoms with van der Waals surface area (Å²) in [5.41, 5.74) is 2.59. The van der Waals surface area contributed by atoms with Crippen molar-refractivity contribution in [3.63, 3.8) is 0 Å². The summed E-state index contributed by atoms with van der Waals surface area (Å²) in [5, 5.41) is 0. The molecule has 0 N–H and O–H groups in total. The van der Waals surface area contributed by atoms with Gasteiger partial charge in [-0.05, 0) is 22.8 Å². The molecule has 1 atom stereocenters. The second-order valence-electron chi connectivity index (χ2n) is 6.46. The molecule has 0 saturated heterocycles. The van der Waals surface area contributed by atoms with Crippen LogP contribution in [0.1, 0.15) is 28.4 Å². The summed E-state index contributed by atoms with van der Waals surface area (Å²) in [6.07, 6.45) is 0.181. The standard InChI is InChI=1S/C23H19BrF2O2/c24-21-13-18(11-12-20(21)23(25,26)16-27)15-28-22(19-9-5-2-6-10-19)14-17-7-3-1-4-8-17/h1-13,16,22H,14-15H2. The molecular formula is C23H19BrF2O2. The zero-order chi connectivity index (χ0) is 20.0. The van der Waals surface area contributed by atoms with Gasteiger partial charge in [0.1, 0.15) is 0 Å². The highest BCUT2D eigenvalue weighted by Crippen LogP contribution is 2.33. The Morgan fingerprint density at radius 3 is 2.18 bits per heavy atom. The van der Waals surface area contributed by atoms with Gasteiger partial charge in [-0.1, -0.05) is 88.7 Å². The third-order valence-corrected chi connectivity index (χ3v) is 5.08. The van der Waals surface area contributed by atoms with Gasteiger partial charge in [-0.25, -0.2) is 0 Å². The van der Waals surface area contributed by atoms with Crippen LogP contribution in [0.3, 0.4) is 0 Å². The molecule has 0 heterocycles. The fourth-order valence-corrected chi connectivity index (χ4v) is 3.64. The predicted molar refractivity (Wildman–Crippen MR) is 108 cm³/mol. The Hall–Kier alpha value is -2.37. The van der Waals surface area contributed by atoms with Crippen LogP contribution in [-0.4, -0.2) is 6.29 Å². The summed E-state index contributed by atoms with van der Waals surface area (Å²) in [7, 11) is 0. The molecule has 0 amide bonds. The summed E-state index contributed by atoms with van der Waals surface area (Å²) in [6, 6.07) is 24.3. The summed E-state index contributed by atoms with van der Waals surface area (Å²) in [4.78, 5) is 10.6. The van der Waals surface area contributed by atoms with E-state index in [2.05, 4.69) is 15.9 Å². The Morgan fingerprint density at radius 1 is 0.929 bits per heavy atom. The van der Waals surface area contributed by atoms with Crippen LogP contribution in [-0.2, 0) is 28.5 Å². The normalized spacial score (nSPS) is 12.5. The van der Waals surface area contributed by atoms with Gasteiger partial charge in [0.25, 0.3) is 0 Å². The smallest absolute Gasteiger partial charge is 0.328 e. The number of alkyl halides is 2. The number of rotatable bonds is 8. The molecule has 3 aromatic rings. The van der Waals surface area contributed by atoms with E-state index >= 15 is 0 Å². The average Bonchev–Trinajstić information content (AvgIpc) is 2.72. The molecule has 0 bridgehead atoms. The molecule has 144 valence electrons. The lowest BCUT2D eigenvalue weighted by Gasteiger charge is -2.19. The second kappa shape index (κ2) is 9.22. The van der Waals surface area contributed by atoms with E-state index in [4.69, 9.17) is 4.74 Å². The maximum absolute atomic E-state index is 13.6. The van der Waals surface area contributed by atoms with Crippen LogP contribution in [0.5, 0.6) is 0 Å². The lowest BCUT2D eigenvalue weighted by atomic mass is 10.0. The summed E-state index contributed by atoms with van der Waals surface area (Å²) in [5.74, 6) is -3.52. The van der Waals surface area contributed by atoms with Crippen LogP contribution in [0.25, 0.3) is 0 Å². The monoisotopic (exact) mass is 444 g/mol. The van der Waals surface area contributed by atoms with Crippen LogP contribution in [0.2, 0.25) is 0 Å². The molecule has 0 aromatic heterocycles. The van der Waals surface area contributed by atoms with Crippen molar-refractivity contribution >= 4 is 22.2 Å². The molecule has 1 unspecified atom stereocenters. The Morgan fingerprint density at radius 2 is 1.57 bits per heavy atom. The second-order valence-corrected chi connectivity index (χ2v) is 7.31. The van der Waals surface area contributed by atoms with Gasteiger partial charge in [-0.2, -0.15) is 8.78 Å². The number of ether oxygens (including phenoxy) is 1. The largest absolute Gasteiger partial charge is 0.369 e. The highest BCUT2D eigenvalue weighted by molar-refractivity contribution is 9.10. The average molecular weight is 445 g/mol. The number of halogens is 3. The summed E-state index contributed by atoms with van der Waals surface area (Å²) in [6.45, 7) is 0.262. The molecule has 3 aromatic carbocycles. The Bertz CT molecular complexity index is 914. The summed E-state index contributed by atoms with van der Waals surface area (Å²) >= 11 is 3.14. The van der Waals surface area contributed by atoms with Gasteiger partial charge in [0.05, 0.1) is 12.7 Å². The Kier molecular flexibility index (Phi) is 6.70. The van der Waals surface area contributed by atoms with Crippen molar-refractivity contribution in [1.29, 1.82) is 0 Å².